The largest absolute Gasteiger partial charge is 0.354 e. The molecule has 0 saturated carbocycles. The van der Waals surface area contributed by atoms with Crippen LogP contribution in [-0.4, -0.2) is 28.6 Å². The van der Waals surface area contributed by atoms with Crippen LogP contribution in [0.15, 0.2) is 59.4 Å². The van der Waals surface area contributed by atoms with E-state index in [1.165, 1.54) is 7.05 Å². The first-order valence-electron chi connectivity index (χ1n) is 8.57. The summed E-state index contributed by atoms with van der Waals surface area (Å²) in [6.45, 7) is 1.59. The van der Waals surface area contributed by atoms with Crippen LogP contribution in [0.3, 0.4) is 0 Å². The fourth-order valence-electron chi connectivity index (χ4n) is 2.88. The van der Waals surface area contributed by atoms with E-state index < -0.39 is 11.5 Å². The SMILES string of the molecule is CNC(=O)c1nn(CC(=O)N[C@H](C)c2ccccc2)c(=O)c2ccccc12. The number of rotatable bonds is 5. The van der Waals surface area contributed by atoms with Crippen molar-refractivity contribution in [1.29, 1.82) is 0 Å². The molecular formula is C20H20N4O3. The second kappa shape index (κ2) is 7.82. The third-order valence-corrected chi connectivity index (χ3v) is 4.28. The molecule has 2 amide bonds. The molecular weight excluding hydrogens is 344 g/mol. The highest BCUT2D eigenvalue weighted by atomic mass is 16.2. The van der Waals surface area contributed by atoms with Crippen LogP contribution >= 0.6 is 0 Å². The van der Waals surface area contributed by atoms with Gasteiger partial charge < -0.3 is 10.6 Å². The maximum atomic E-state index is 12.7. The van der Waals surface area contributed by atoms with Crippen molar-refractivity contribution < 1.29 is 9.59 Å². The Morgan fingerprint density at radius 1 is 1.04 bits per heavy atom. The molecule has 1 aromatic heterocycles. The lowest BCUT2D eigenvalue weighted by Crippen LogP contribution is -2.36. The zero-order valence-electron chi connectivity index (χ0n) is 15.1. The van der Waals surface area contributed by atoms with Crippen molar-refractivity contribution in [3.05, 3.63) is 76.2 Å². The summed E-state index contributed by atoms with van der Waals surface area (Å²) in [5.41, 5.74) is 0.646. The summed E-state index contributed by atoms with van der Waals surface area (Å²) in [5, 5.41) is 10.3. The Bertz CT molecular complexity index is 1040. The standard InChI is InChI=1S/C20H20N4O3/c1-13(14-8-4-3-5-9-14)22-17(25)12-24-20(27)16-11-7-6-10-15(16)18(23-24)19(26)21-2/h3-11,13H,12H2,1-2H3,(H,21,26)(H,22,25)/t13-/m1/s1. The molecule has 0 aliphatic heterocycles. The van der Waals surface area contributed by atoms with Crippen LogP contribution in [0.1, 0.15) is 29.0 Å². The summed E-state index contributed by atoms with van der Waals surface area (Å²) in [5.74, 6) is -0.780. The quantitative estimate of drug-likeness (QED) is 0.720. The van der Waals surface area contributed by atoms with Crippen LogP contribution < -0.4 is 16.2 Å². The predicted octanol–water partition coefficient (Wildman–Crippen LogP) is 1.63. The van der Waals surface area contributed by atoms with Crippen LogP contribution in [-0.2, 0) is 11.3 Å². The van der Waals surface area contributed by atoms with Crippen molar-refractivity contribution >= 4 is 22.6 Å². The summed E-state index contributed by atoms with van der Waals surface area (Å²) in [6.07, 6.45) is 0. The smallest absolute Gasteiger partial charge is 0.275 e. The van der Waals surface area contributed by atoms with E-state index in [0.717, 1.165) is 10.2 Å². The minimum atomic E-state index is -0.419. The van der Waals surface area contributed by atoms with Gasteiger partial charge in [-0.15, -0.1) is 0 Å². The molecule has 0 radical (unpaired) electrons. The Balaban J connectivity index is 1.90. The number of aromatic nitrogens is 2. The fourth-order valence-corrected chi connectivity index (χ4v) is 2.88. The molecule has 0 unspecified atom stereocenters. The zero-order valence-corrected chi connectivity index (χ0v) is 15.1. The van der Waals surface area contributed by atoms with Gasteiger partial charge in [0.25, 0.3) is 11.5 Å². The van der Waals surface area contributed by atoms with Crippen molar-refractivity contribution in [2.75, 3.05) is 7.05 Å². The number of fused-ring (bicyclic) bond motifs is 1. The number of hydrogen-bond acceptors (Lipinski definition) is 4. The van der Waals surface area contributed by atoms with Gasteiger partial charge in [-0.1, -0.05) is 48.5 Å². The van der Waals surface area contributed by atoms with E-state index in [1.807, 2.05) is 37.3 Å². The van der Waals surface area contributed by atoms with Crippen LogP contribution in [0, 0.1) is 0 Å². The van der Waals surface area contributed by atoms with Crippen molar-refractivity contribution in [2.24, 2.45) is 0 Å². The van der Waals surface area contributed by atoms with Gasteiger partial charge in [0.15, 0.2) is 5.69 Å². The molecule has 7 nitrogen and oxygen atoms in total. The van der Waals surface area contributed by atoms with Gasteiger partial charge in [-0.3, -0.25) is 14.4 Å². The monoisotopic (exact) mass is 364 g/mol. The Kier molecular flexibility index (Phi) is 5.30. The molecule has 0 spiro atoms. The molecule has 0 aliphatic rings. The number of hydrogen-bond donors (Lipinski definition) is 2. The normalized spacial score (nSPS) is 11.8. The molecule has 1 atom stereocenters. The Morgan fingerprint density at radius 2 is 1.67 bits per heavy atom. The molecule has 27 heavy (non-hydrogen) atoms. The zero-order chi connectivity index (χ0) is 19.4. The lowest BCUT2D eigenvalue weighted by atomic mass is 10.1. The number of carbonyl (C=O) groups is 2. The second-order valence-corrected chi connectivity index (χ2v) is 6.14. The molecule has 1 heterocycles. The molecule has 138 valence electrons. The highest BCUT2D eigenvalue weighted by molar-refractivity contribution is 6.04. The summed E-state index contributed by atoms with van der Waals surface area (Å²) in [7, 11) is 1.49. The summed E-state index contributed by atoms with van der Waals surface area (Å²) in [6, 6.07) is 16.0. The lowest BCUT2D eigenvalue weighted by Gasteiger charge is -2.15. The van der Waals surface area contributed by atoms with Crippen LogP contribution in [0.5, 0.6) is 0 Å². The Morgan fingerprint density at radius 3 is 2.33 bits per heavy atom. The van der Waals surface area contributed by atoms with Crippen molar-refractivity contribution in [3.8, 4) is 0 Å². The topological polar surface area (TPSA) is 93.1 Å². The molecule has 3 aromatic rings. The van der Waals surface area contributed by atoms with Gasteiger partial charge in [-0.05, 0) is 18.6 Å². The van der Waals surface area contributed by atoms with Gasteiger partial charge in [0.05, 0.1) is 11.4 Å². The first kappa shape index (κ1) is 18.3. The minimum absolute atomic E-state index is 0.108. The molecule has 2 N–H and O–H groups in total. The minimum Gasteiger partial charge on any atom is -0.354 e. The van der Waals surface area contributed by atoms with Gasteiger partial charge >= 0.3 is 0 Å². The first-order chi connectivity index (χ1) is 13.0. The highest BCUT2D eigenvalue weighted by Crippen LogP contribution is 2.14. The van der Waals surface area contributed by atoms with Crippen molar-refractivity contribution in [3.63, 3.8) is 0 Å². The summed E-state index contributed by atoms with van der Waals surface area (Å²) in [4.78, 5) is 37.2. The maximum Gasteiger partial charge on any atom is 0.275 e. The number of benzene rings is 2. The van der Waals surface area contributed by atoms with Gasteiger partial charge in [-0.2, -0.15) is 5.10 Å². The molecule has 0 saturated heterocycles. The number of amides is 2. The average Bonchev–Trinajstić information content (AvgIpc) is 2.70. The van der Waals surface area contributed by atoms with E-state index >= 15 is 0 Å². The van der Waals surface area contributed by atoms with Crippen molar-refractivity contribution in [1.82, 2.24) is 20.4 Å². The molecule has 0 fully saturated rings. The lowest BCUT2D eigenvalue weighted by molar-refractivity contribution is -0.122. The number of nitrogens with one attached hydrogen (secondary N) is 2. The molecule has 7 heteroatoms. The molecule has 0 aliphatic carbocycles. The Labute approximate surface area is 156 Å². The van der Waals surface area contributed by atoms with Crippen LogP contribution in [0.4, 0.5) is 0 Å². The number of carbonyl (C=O) groups excluding carboxylic acids is 2. The third kappa shape index (κ3) is 3.87. The third-order valence-electron chi connectivity index (χ3n) is 4.28. The average molecular weight is 364 g/mol. The van der Waals surface area contributed by atoms with E-state index in [-0.39, 0.29) is 24.2 Å². The predicted molar refractivity (Wildman–Crippen MR) is 102 cm³/mol. The van der Waals surface area contributed by atoms with E-state index in [9.17, 15) is 14.4 Å². The van der Waals surface area contributed by atoms with E-state index in [0.29, 0.717) is 10.8 Å². The van der Waals surface area contributed by atoms with Gasteiger partial charge in [0.2, 0.25) is 5.91 Å². The summed E-state index contributed by atoms with van der Waals surface area (Å²) >= 11 is 0. The fraction of sp³-hybridized carbons (Fsp3) is 0.200. The number of nitrogens with zero attached hydrogens (tertiary/aromatic N) is 2. The first-order valence-corrected chi connectivity index (χ1v) is 8.57. The molecule has 2 aromatic carbocycles. The van der Waals surface area contributed by atoms with Crippen molar-refractivity contribution in [2.45, 2.75) is 19.5 Å². The van der Waals surface area contributed by atoms with Crippen LogP contribution in [0.2, 0.25) is 0 Å². The molecule has 3 rings (SSSR count). The maximum absolute atomic E-state index is 12.7. The summed E-state index contributed by atoms with van der Waals surface area (Å²) < 4.78 is 1.03. The van der Waals surface area contributed by atoms with E-state index in [4.69, 9.17) is 0 Å². The van der Waals surface area contributed by atoms with Gasteiger partial charge in [-0.25, -0.2) is 4.68 Å². The molecule has 0 bridgehead atoms. The Hall–Kier alpha value is -3.48. The second-order valence-electron chi connectivity index (χ2n) is 6.14. The van der Waals surface area contributed by atoms with E-state index in [2.05, 4.69) is 15.7 Å². The van der Waals surface area contributed by atoms with E-state index in [1.54, 1.807) is 24.3 Å². The van der Waals surface area contributed by atoms with Gasteiger partial charge in [0, 0.05) is 12.4 Å². The van der Waals surface area contributed by atoms with Gasteiger partial charge in [0.1, 0.15) is 6.54 Å². The van der Waals surface area contributed by atoms with Crippen LogP contribution in [0.25, 0.3) is 10.8 Å². The highest BCUT2D eigenvalue weighted by Gasteiger charge is 2.17.